The summed E-state index contributed by atoms with van der Waals surface area (Å²) in [5, 5.41) is 2.98. The minimum absolute atomic E-state index is 0.0400. The number of halogens is 1. The number of hydrogen-bond donors (Lipinski definition) is 1. The van der Waals surface area contributed by atoms with Gasteiger partial charge in [0.25, 0.3) is 0 Å². The van der Waals surface area contributed by atoms with Crippen LogP contribution in [0.1, 0.15) is 21.8 Å². The Morgan fingerprint density at radius 2 is 1.93 bits per heavy atom. The van der Waals surface area contributed by atoms with Crippen molar-refractivity contribution in [1.29, 1.82) is 0 Å². The van der Waals surface area contributed by atoms with Crippen LogP contribution in [0.15, 0.2) is 52.9 Å². The largest absolute Gasteiger partial charge is 0.465 e. The van der Waals surface area contributed by atoms with E-state index in [2.05, 4.69) is 15.0 Å². The van der Waals surface area contributed by atoms with Crippen molar-refractivity contribution in [2.75, 3.05) is 12.4 Å². The minimum Gasteiger partial charge on any atom is -0.465 e. The van der Waals surface area contributed by atoms with E-state index < -0.39 is 5.97 Å². The number of aromatic nitrogens is 1. The Morgan fingerprint density at radius 3 is 2.63 bits per heavy atom. The molecule has 0 aliphatic rings. The number of amides is 1. The van der Waals surface area contributed by atoms with Gasteiger partial charge in [0.05, 0.1) is 29.8 Å². The third-order valence-electron chi connectivity index (χ3n) is 3.90. The van der Waals surface area contributed by atoms with Gasteiger partial charge in [0.15, 0.2) is 0 Å². The van der Waals surface area contributed by atoms with Crippen LogP contribution in [0.25, 0.3) is 11.5 Å². The molecule has 1 aromatic heterocycles. The van der Waals surface area contributed by atoms with Gasteiger partial charge in [0.2, 0.25) is 11.8 Å². The Bertz CT molecular complexity index is 983. The van der Waals surface area contributed by atoms with Crippen molar-refractivity contribution >= 4 is 29.2 Å². The average Bonchev–Trinajstić information content (AvgIpc) is 3.03. The van der Waals surface area contributed by atoms with Gasteiger partial charge < -0.3 is 14.5 Å². The first-order valence-electron chi connectivity index (χ1n) is 8.17. The molecule has 0 bridgehead atoms. The maximum absolute atomic E-state index is 12.4. The number of hydrogen-bond acceptors (Lipinski definition) is 5. The summed E-state index contributed by atoms with van der Waals surface area (Å²) in [6, 6.07) is 14.1. The molecule has 2 aromatic carbocycles. The normalized spacial score (nSPS) is 10.5. The maximum atomic E-state index is 12.4. The fourth-order valence-electron chi connectivity index (χ4n) is 2.52. The summed E-state index contributed by atoms with van der Waals surface area (Å²) in [5.41, 5.74) is 2.01. The molecule has 0 saturated heterocycles. The van der Waals surface area contributed by atoms with Crippen LogP contribution in [0.5, 0.6) is 0 Å². The highest BCUT2D eigenvalue weighted by Crippen LogP contribution is 2.23. The number of carbonyl (C=O) groups excluding carboxylic acids is 2. The van der Waals surface area contributed by atoms with Crippen molar-refractivity contribution < 1.29 is 18.7 Å². The van der Waals surface area contributed by atoms with E-state index in [0.29, 0.717) is 23.0 Å². The summed E-state index contributed by atoms with van der Waals surface area (Å²) in [6.07, 6.45) is 0.0400. The molecule has 6 nitrogen and oxygen atoms in total. The van der Waals surface area contributed by atoms with E-state index in [1.54, 1.807) is 13.0 Å². The van der Waals surface area contributed by atoms with Gasteiger partial charge in [-0.25, -0.2) is 9.78 Å². The molecule has 3 aromatic rings. The zero-order chi connectivity index (χ0) is 19.4. The number of benzene rings is 2. The predicted octanol–water partition coefficient (Wildman–Crippen LogP) is 4.27. The van der Waals surface area contributed by atoms with Crippen LogP contribution in [0.4, 0.5) is 5.69 Å². The van der Waals surface area contributed by atoms with Crippen LogP contribution in [0.2, 0.25) is 5.02 Å². The highest BCUT2D eigenvalue weighted by atomic mass is 35.5. The van der Waals surface area contributed by atoms with Crippen LogP contribution >= 0.6 is 11.6 Å². The molecule has 1 heterocycles. The standard InChI is InChI=1S/C20H17ClN2O4/c1-12-17(23-19(27-12)13-6-4-3-5-7-13)11-18(24)22-14-8-9-16(21)15(10-14)20(25)26-2/h3-10H,11H2,1-2H3,(H,22,24). The molecular weight excluding hydrogens is 368 g/mol. The van der Waals surface area contributed by atoms with Gasteiger partial charge in [0, 0.05) is 11.3 Å². The van der Waals surface area contributed by atoms with Gasteiger partial charge in [-0.05, 0) is 37.3 Å². The van der Waals surface area contributed by atoms with Crippen LogP contribution in [-0.4, -0.2) is 24.0 Å². The van der Waals surface area contributed by atoms with E-state index in [1.165, 1.54) is 19.2 Å². The first-order chi connectivity index (χ1) is 13.0. The topological polar surface area (TPSA) is 81.4 Å². The fourth-order valence-corrected chi connectivity index (χ4v) is 2.72. The van der Waals surface area contributed by atoms with Crippen molar-refractivity contribution in [3.63, 3.8) is 0 Å². The second-order valence-electron chi connectivity index (χ2n) is 5.80. The van der Waals surface area contributed by atoms with Gasteiger partial charge in [-0.2, -0.15) is 0 Å². The van der Waals surface area contributed by atoms with Crippen molar-refractivity contribution in [3.05, 3.63) is 70.6 Å². The quantitative estimate of drug-likeness (QED) is 0.664. The van der Waals surface area contributed by atoms with E-state index in [4.69, 9.17) is 16.0 Å². The number of rotatable bonds is 5. The number of esters is 1. The summed E-state index contributed by atoms with van der Waals surface area (Å²) >= 11 is 5.98. The lowest BCUT2D eigenvalue weighted by Crippen LogP contribution is -2.15. The highest BCUT2D eigenvalue weighted by molar-refractivity contribution is 6.33. The number of oxazole rings is 1. The van der Waals surface area contributed by atoms with Gasteiger partial charge in [-0.3, -0.25) is 4.79 Å². The minimum atomic E-state index is -0.573. The van der Waals surface area contributed by atoms with E-state index in [0.717, 1.165) is 5.56 Å². The first kappa shape index (κ1) is 18.7. The van der Waals surface area contributed by atoms with Crippen LogP contribution < -0.4 is 5.32 Å². The molecule has 0 unspecified atom stereocenters. The average molecular weight is 385 g/mol. The molecule has 1 amide bonds. The molecule has 0 spiro atoms. The zero-order valence-electron chi connectivity index (χ0n) is 14.8. The number of anilines is 1. The van der Waals surface area contributed by atoms with E-state index in [9.17, 15) is 9.59 Å². The van der Waals surface area contributed by atoms with Crippen molar-refractivity contribution in [3.8, 4) is 11.5 Å². The van der Waals surface area contributed by atoms with Gasteiger partial charge in [-0.1, -0.05) is 29.8 Å². The molecule has 7 heteroatoms. The smallest absolute Gasteiger partial charge is 0.339 e. The summed E-state index contributed by atoms with van der Waals surface area (Å²) in [7, 11) is 1.27. The number of nitrogens with one attached hydrogen (secondary N) is 1. The lowest BCUT2D eigenvalue weighted by Gasteiger charge is -2.07. The van der Waals surface area contributed by atoms with Crippen LogP contribution in [0.3, 0.4) is 0 Å². The molecule has 0 atom stereocenters. The zero-order valence-corrected chi connectivity index (χ0v) is 15.5. The maximum Gasteiger partial charge on any atom is 0.339 e. The van der Waals surface area contributed by atoms with Gasteiger partial charge in [-0.15, -0.1) is 0 Å². The number of methoxy groups -OCH3 is 1. The molecule has 0 aliphatic carbocycles. The summed E-state index contributed by atoms with van der Waals surface area (Å²) in [5.74, 6) is 0.186. The van der Waals surface area contributed by atoms with Crippen LogP contribution in [-0.2, 0) is 16.0 Å². The summed E-state index contributed by atoms with van der Waals surface area (Å²) in [4.78, 5) is 28.5. The monoisotopic (exact) mass is 384 g/mol. The van der Waals surface area contributed by atoms with E-state index in [-0.39, 0.29) is 22.9 Å². The Kier molecular flexibility index (Phi) is 5.57. The molecular formula is C20H17ClN2O4. The van der Waals surface area contributed by atoms with E-state index in [1.807, 2.05) is 30.3 Å². The Labute approximate surface area is 161 Å². The Balaban J connectivity index is 1.73. The van der Waals surface area contributed by atoms with Crippen molar-refractivity contribution in [2.45, 2.75) is 13.3 Å². The highest BCUT2D eigenvalue weighted by Gasteiger charge is 2.16. The van der Waals surface area contributed by atoms with Gasteiger partial charge in [0.1, 0.15) is 5.76 Å². The molecule has 0 aliphatic heterocycles. The summed E-state index contributed by atoms with van der Waals surface area (Å²) < 4.78 is 10.3. The molecule has 27 heavy (non-hydrogen) atoms. The lowest BCUT2D eigenvalue weighted by atomic mass is 10.2. The number of aryl methyl sites for hydroxylation is 1. The predicted molar refractivity (Wildman–Crippen MR) is 102 cm³/mol. The summed E-state index contributed by atoms with van der Waals surface area (Å²) in [6.45, 7) is 1.76. The lowest BCUT2D eigenvalue weighted by molar-refractivity contribution is -0.115. The first-order valence-corrected chi connectivity index (χ1v) is 8.55. The number of carbonyl (C=O) groups is 2. The molecule has 1 N–H and O–H groups in total. The SMILES string of the molecule is COC(=O)c1cc(NC(=O)Cc2nc(-c3ccccc3)oc2C)ccc1Cl. The molecule has 138 valence electrons. The molecule has 0 fully saturated rings. The molecule has 0 saturated carbocycles. The second kappa shape index (κ2) is 8.05. The van der Waals surface area contributed by atoms with Crippen molar-refractivity contribution in [1.82, 2.24) is 4.98 Å². The molecule has 0 radical (unpaired) electrons. The van der Waals surface area contributed by atoms with Crippen molar-refractivity contribution in [2.24, 2.45) is 0 Å². The molecule has 3 rings (SSSR count). The fraction of sp³-hybridized carbons (Fsp3) is 0.150. The van der Waals surface area contributed by atoms with E-state index >= 15 is 0 Å². The Morgan fingerprint density at radius 1 is 1.19 bits per heavy atom. The van der Waals surface area contributed by atoms with Gasteiger partial charge >= 0.3 is 5.97 Å². The second-order valence-corrected chi connectivity index (χ2v) is 6.21. The Hall–Kier alpha value is -3.12. The van der Waals surface area contributed by atoms with Crippen LogP contribution in [0, 0.1) is 6.92 Å². The number of nitrogens with zero attached hydrogens (tertiary/aromatic N) is 1. The number of ether oxygens (including phenoxy) is 1. The third kappa shape index (κ3) is 4.35. The third-order valence-corrected chi connectivity index (χ3v) is 4.23.